The molecule has 0 radical (unpaired) electrons. The van der Waals surface area contributed by atoms with Gasteiger partial charge in [0, 0.05) is 4.88 Å². The number of hydrogen-bond donors (Lipinski definition) is 2. The number of thiophene rings is 1. The van der Waals surface area contributed by atoms with Gasteiger partial charge in [0.1, 0.15) is 4.21 Å². The second-order valence-corrected chi connectivity index (χ2v) is 5.84. The molecule has 4 nitrogen and oxygen atoms in total. The molecule has 0 bridgehead atoms. The van der Waals surface area contributed by atoms with Gasteiger partial charge in [-0.05, 0) is 24.5 Å². The van der Waals surface area contributed by atoms with Gasteiger partial charge in [0.15, 0.2) is 0 Å². The van der Waals surface area contributed by atoms with Crippen LogP contribution in [0.1, 0.15) is 24.3 Å². The van der Waals surface area contributed by atoms with Crippen molar-refractivity contribution in [3.63, 3.8) is 0 Å². The van der Waals surface area contributed by atoms with Crippen molar-refractivity contribution in [2.24, 2.45) is 0 Å². The van der Waals surface area contributed by atoms with Gasteiger partial charge in [-0.15, -0.1) is 11.3 Å². The normalized spacial score (nSPS) is 11.9. The fraction of sp³-hybridized carbons (Fsp3) is 0.500. The molecule has 1 aromatic heterocycles. The minimum absolute atomic E-state index is 0.175. The van der Waals surface area contributed by atoms with Crippen LogP contribution in [0, 0.1) is 0 Å². The molecular formula is C8H13NO3S2. The maximum Gasteiger partial charge on any atom is 0.271 e. The van der Waals surface area contributed by atoms with Gasteiger partial charge in [-0.3, -0.25) is 0 Å². The van der Waals surface area contributed by atoms with Gasteiger partial charge >= 0.3 is 0 Å². The van der Waals surface area contributed by atoms with Crippen molar-refractivity contribution in [1.29, 1.82) is 0 Å². The summed E-state index contributed by atoms with van der Waals surface area (Å²) in [5.74, 6) is 0. The Bertz CT molecular complexity index is 387. The largest absolute Gasteiger partial charge is 0.302 e. The third-order valence-electron chi connectivity index (χ3n) is 1.96. The number of rotatable bonds is 4. The molecule has 0 fully saturated rings. The van der Waals surface area contributed by atoms with E-state index in [4.69, 9.17) is 5.21 Å². The summed E-state index contributed by atoms with van der Waals surface area (Å²) >= 11 is 1.21. The van der Waals surface area contributed by atoms with E-state index in [2.05, 4.69) is 0 Å². The van der Waals surface area contributed by atoms with Gasteiger partial charge in [0.25, 0.3) is 10.0 Å². The average molecular weight is 235 g/mol. The van der Waals surface area contributed by atoms with Gasteiger partial charge in [0.2, 0.25) is 0 Å². The lowest BCUT2D eigenvalue weighted by atomic mass is 10.2. The summed E-state index contributed by atoms with van der Waals surface area (Å²) in [7, 11) is -3.70. The van der Waals surface area contributed by atoms with Gasteiger partial charge in [-0.2, -0.15) is 0 Å². The predicted octanol–water partition coefficient (Wildman–Crippen LogP) is 1.54. The molecule has 0 aliphatic carbocycles. The highest BCUT2D eigenvalue weighted by molar-refractivity contribution is 7.91. The number of aryl methyl sites for hydroxylation is 2. The van der Waals surface area contributed by atoms with E-state index in [1.165, 1.54) is 16.2 Å². The van der Waals surface area contributed by atoms with Crippen molar-refractivity contribution in [3.8, 4) is 0 Å². The zero-order valence-electron chi connectivity index (χ0n) is 8.07. The number of nitrogens with one attached hydrogen (secondary N) is 1. The summed E-state index contributed by atoms with van der Waals surface area (Å²) in [6, 6.07) is 1.61. The fourth-order valence-corrected chi connectivity index (χ4v) is 3.38. The van der Waals surface area contributed by atoms with Crippen molar-refractivity contribution < 1.29 is 13.6 Å². The highest BCUT2D eigenvalue weighted by atomic mass is 32.2. The molecule has 0 saturated heterocycles. The lowest BCUT2D eigenvalue weighted by molar-refractivity contribution is 0.243. The lowest BCUT2D eigenvalue weighted by Gasteiger charge is -1.94. The zero-order valence-corrected chi connectivity index (χ0v) is 9.70. The van der Waals surface area contributed by atoms with Crippen LogP contribution in [0.5, 0.6) is 0 Å². The average Bonchev–Trinajstić information content (AvgIpc) is 2.61. The molecule has 6 heteroatoms. The summed E-state index contributed by atoms with van der Waals surface area (Å²) in [6.45, 7) is 3.96. The van der Waals surface area contributed by atoms with Crippen LogP contribution in [0.3, 0.4) is 0 Å². The third kappa shape index (κ3) is 2.14. The molecule has 1 aromatic rings. The van der Waals surface area contributed by atoms with E-state index in [0.717, 1.165) is 23.3 Å². The van der Waals surface area contributed by atoms with Gasteiger partial charge in [-0.25, -0.2) is 8.42 Å². The van der Waals surface area contributed by atoms with Crippen LogP contribution >= 0.6 is 11.3 Å². The summed E-state index contributed by atoms with van der Waals surface area (Å²) in [6.07, 6.45) is 1.62. The van der Waals surface area contributed by atoms with Crippen LogP contribution in [0.25, 0.3) is 0 Å². The first-order valence-electron chi connectivity index (χ1n) is 4.32. The quantitative estimate of drug-likeness (QED) is 0.778. The summed E-state index contributed by atoms with van der Waals surface area (Å²) < 4.78 is 22.7. The van der Waals surface area contributed by atoms with Crippen LogP contribution < -0.4 is 4.89 Å². The number of hydrogen-bond acceptors (Lipinski definition) is 4. The highest BCUT2D eigenvalue weighted by Gasteiger charge is 2.17. The van der Waals surface area contributed by atoms with E-state index < -0.39 is 10.0 Å². The second kappa shape index (κ2) is 4.39. The van der Waals surface area contributed by atoms with E-state index in [1.807, 2.05) is 13.8 Å². The minimum Gasteiger partial charge on any atom is -0.302 e. The Morgan fingerprint density at radius 2 is 2.07 bits per heavy atom. The molecule has 0 aromatic carbocycles. The Labute approximate surface area is 87.6 Å². The van der Waals surface area contributed by atoms with Gasteiger partial charge in [-0.1, -0.05) is 18.7 Å². The molecule has 1 rings (SSSR count). The Balaban J connectivity index is 3.20. The maximum absolute atomic E-state index is 11.2. The van der Waals surface area contributed by atoms with Crippen molar-refractivity contribution in [2.75, 3.05) is 0 Å². The lowest BCUT2D eigenvalue weighted by Crippen LogP contribution is -2.17. The molecule has 0 unspecified atom stereocenters. The van der Waals surface area contributed by atoms with E-state index in [0.29, 0.717) is 0 Å². The molecule has 0 spiro atoms. The second-order valence-electron chi connectivity index (χ2n) is 2.82. The first-order chi connectivity index (χ1) is 6.55. The molecule has 0 aliphatic rings. The molecule has 0 saturated carbocycles. The minimum atomic E-state index is -3.70. The van der Waals surface area contributed by atoms with Crippen LogP contribution in [0.2, 0.25) is 0 Å². The molecule has 2 N–H and O–H groups in total. The fourth-order valence-electron chi connectivity index (χ4n) is 1.22. The van der Waals surface area contributed by atoms with E-state index >= 15 is 0 Å². The van der Waals surface area contributed by atoms with Crippen LogP contribution in [-0.2, 0) is 22.9 Å². The Kier molecular flexibility index (Phi) is 3.65. The van der Waals surface area contributed by atoms with Crippen molar-refractivity contribution in [1.82, 2.24) is 4.89 Å². The molecule has 0 atom stereocenters. The van der Waals surface area contributed by atoms with Crippen molar-refractivity contribution >= 4 is 21.4 Å². The first kappa shape index (κ1) is 11.6. The smallest absolute Gasteiger partial charge is 0.271 e. The van der Waals surface area contributed by atoms with Crippen LogP contribution in [0.15, 0.2) is 10.3 Å². The van der Waals surface area contributed by atoms with Crippen LogP contribution in [-0.4, -0.2) is 13.6 Å². The van der Waals surface area contributed by atoms with Gasteiger partial charge in [0.05, 0.1) is 0 Å². The maximum atomic E-state index is 11.2. The molecule has 1 heterocycles. The summed E-state index contributed by atoms with van der Waals surface area (Å²) in [4.78, 5) is 2.39. The monoisotopic (exact) mass is 235 g/mol. The highest BCUT2D eigenvalue weighted by Crippen LogP contribution is 2.26. The molecule has 14 heavy (non-hydrogen) atoms. The predicted molar refractivity (Wildman–Crippen MR) is 55.2 cm³/mol. The van der Waals surface area contributed by atoms with Crippen molar-refractivity contribution in [2.45, 2.75) is 30.9 Å². The summed E-state index contributed by atoms with van der Waals surface area (Å²) in [5, 5.41) is 8.46. The SMILES string of the molecule is CCc1cc(S(=O)(=O)NO)sc1CC. The first-order valence-corrected chi connectivity index (χ1v) is 6.62. The molecule has 0 amide bonds. The van der Waals surface area contributed by atoms with Crippen LogP contribution in [0.4, 0.5) is 0 Å². The summed E-state index contributed by atoms with van der Waals surface area (Å²) in [5.41, 5.74) is 1.03. The van der Waals surface area contributed by atoms with E-state index in [-0.39, 0.29) is 4.21 Å². The van der Waals surface area contributed by atoms with Gasteiger partial charge < -0.3 is 5.21 Å². The Morgan fingerprint density at radius 3 is 2.43 bits per heavy atom. The Hall–Kier alpha value is -0.430. The molecular weight excluding hydrogens is 222 g/mol. The topological polar surface area (TPSA) is 66.4 Å². The Morgan fingerprint density at radius 1 is 1.43 bits per heavy atom. The van der Waals surface area contributed by atoms with E-state index in [1.54, 1.807) is 6.07 Å². The third-order valence-corrected chi connectivity index (χ3v) is 4.87. The number of sulfonamides is 1. The molecule has 0 aliphatic heterocycles. The zero-order chi connectivity index (χ0) is 10.8. The molecule has 80 valence electrons. The van der Waals surface area contributed by atoms with E-state index in [9.17, 15) is 8.42 Å². The van der Waals surface area contributed by atoms with Crippen molar-refractivity contribution in [3.05, 3.63) is 16.5 Å². The standard InChI is InChI=1S/C8H13NO3S2/c1-3-6-5-8(13-7(6)4-2)14(11,12)9-10/h5,9-10H,3-4H2,1-2H3.